The first-order valence-corrected chi connectivity index (χ1v) is 2.38. The minimum absolute atomic E-state index is 0.127. The maximum absolute atomic E-state index is 10.2. The number of ether oxygens (including phenoxy) is 1. The second-order valence-electron chi connectivity index (χ2n) is 1.43. The summed E-state index contributed by atoms with van der Waals surface area (Å²) in [6.45, 7) is 1.29. The van der Waals surface area contributed by atoms with Crippen molar-refractivity contribution in [2.75, 3.05) is 0 Å². The molecule has 0 aromatic carbocycles. The fourth-order valence-electron chi connectivity index (χ4n) is 0.398. The van der Waals surface area contributed by atoms with E-state index in [4.69, 9.17) is 0 Å². The van der Waals surface area contributed by atoms with Gasteiger partial charge >= 0.3 is 11.9 Å². The van der Waals surface area contributed by atoms with Crippen LogP contribution in [-0.2, 0) is 4.79 Å². The Morgan fingerprint density at radius 2 is 2.67 bits per heavy atom. The number of nitrogens with zero attached hydrogens (tertiary/aromatic N) is 1. The van der Waals surface area contributed by atoms with Crippen LogP contribution < -0.4 is 4.74 Å². The molecule has 4 heteroatoms. The standard InChI is InChI=1S/C5H5NO3/c1-4(7)8-5-2-3-6-9-5/h2-3H,1H3. The van der Waals surface area contributed by atoms with Crippen LogP contribution >= 0.6 is 0 Å². The molecule has 0 aliphatic heterocycles. The molecule has 1 heterocycles. The highest BCUT2D eigenvalue weighted by Crippen LogP contribution is 2.06. The number of esters is 1. The third kappa shape index (κ3) is 1.56. The number of aromatic nitrogens is 1. The Labute approximate surface area is 51.4 Å². The fourth-order valence-corrected chi connectivity index (χ4v) is 0.398. The van der Waals surface area contributed by atoms with Gasteiger partial charge in [-0.3, -0.25) is 4.79 Å². The van der Waals surface area contributed by atoms with E-state index in [1.165, 1.54) is 19.2 Å². The number of rotatable bonds is 1. The van der Waals surface area contributed by atoms with E-state index in [2.05, 4.69) is 14.4 Å². The third-order valence-electron chi connectivity index (χ3n) is 0.658. The summed E-state index contributed by atoms with van der Waals surface area (Å²) < 4.78 is 8.94. The predicted octanol–water partition coefficient (Wildman–Crippen LogP) is 0.600. The molecular weight excluding hydrogens is 122 g/mol. The van der Waals surface area contributed by atoms with Crippen molar-refractivity contribution in [1.82, 2.24) is 5.16 Å². The molecule has 0 N–H and O–H groups in total. The molecule has 4 nitrogen and oxygen atoms in total. The minimum Gasteiger partial charge on any atom is -0.391 e. The quantitative estimate of drug-likeness (QED) is 0.518. The first-order chi connectivity index (χ1) is 4.29. The number of carbonyl (C=O) groups is 1. The minimum atomic E-state index is -0.410. The van der Waals surface area contributed by atoms with Crippen LogP contribution in [-0.4, -0.2) is 11.1 Å². The topological polar surface area (TPSA) is 52.3 Å². The molecule has 0 spiro atoms. The van der Waals surface area contributed by atoms with Gasteiger partial charge < -0.3 is 9.26 Å². The second-order valence-corrected chi connectivity index (χ2v) is 1.43. The van der Waals surface area contributed by atoms with Crippen LogP contribution in [0.4, 0.5) is 0 Å². The first kappa shape index (κ1) is 5.81. The van der Waals surface area contributed by atoms with Gasteiger partial charge in [-0.25, -0.2) is 0 Å². The molecule has 0 amide bonds. The van der Waals surface area contributed by atoms with E-state index in [1.807, 2.05) is 0 Å². The van der Waals surface area contributed by atoms with Crippen molar-refractivity contribution in [2.45, 2.75) is 6.92 Å². The van der Waals surface area contributed by atoms with Crippen LogP contribution in [0.5, 0.6) is 5.95 Å². The van der Waals surface area contributed by atoms with Gasteiger partial charge in [0.2, 0.25) is 0 Å². The summed E-state index contributed by atoms with van der Waals surface area (Å²) >= 11 is 0. The lowest BCUT2D eigenvalue weighted by atomic mass is 10.7. The average Bonchev–Trinajstić information content (AvgIpc) is 2.15. The van der Waals surface area contributed by atoms with Gasteiger partial charge in [0.15, 0.2) is 0 Å². The molecule has 9 heavy (non-hydrogen) atoms. The number of carbonyl (C=O) groups excluding carboxylic acids is 1. The summed E-state index contributed by atoms with van der Waals surface area (Å²) in [4.78, 5) is 10.2. The largest absolute Gasteiger partial charge is 0.391 e. The maximum Gasteiger partial charge on any atom is 0.318 e. The molecule has 0 fully saturated rings. The molecule has 0 aliphatic rings. The Hall–Kier alpha value is -1.32. The predicted molar refractivity (Wildman–Crippen MR) is 27.8 cm³/mol. The van der Waals surface area contributed by atoms with E-state index < -0.39 is 5.97 Å². The zero-order chi connectivity index (χ0) is 6.69. The summed E-state index contributed by atoms with van der Waals surface area (Å²) in [6.07, 6.45) is 1.40. The smallest absolute Gasteiger partial charge is 0.318 e. The lowest BCUT2D eigenvalue weighted by Gasteiger charge is -1.89. The van der Waals surface area contributed by atoms with E-state index in [-0.39, 0.29) is 5.95 Å². The SMILES string of the molecule is CC(=O)Oc1ccno1. The molecule has 0 saturated carbocycles. The lowest BCUT2D eigenvalue weighted by Crippen LogP contribution is -1.99. The molecule has 0 saturated heterocycles. The van der Waals surface area contributed by atoms with Gasteiger partial charge in [-0.1, -0.05) is 5.16 Å². The fraction of sp³-hybridized carbons (Fsp3) is 0.200. The van der Waals surface area contributed by atoms with Gasteiger partial charge in [0.1, 0.15) is 0 Å². The van der Waals surface area contributed by atoms with Crippen LogP contribution in [0, 0.1) is 0 Å². The monoisotopic (exact) mass is 127 g/mol. The average molecular weight is 127 g/mol. The van der Waals surface area contributed by atoms with Crippen molar-refractivity contribution in [3.8, 4) is 5.95 Å². The number of hydrogen-bond donors (Lipinski definition) is 0. The molecule has 1 aromatic heterocycles. The van der Waals surface area contributed by atoms with Crippen molar-refractivity contribution in [1.29, 1.82) is 0 Å². The first-order valence-electron chi connectivity index (χ1n) is 2.38. The van der Waals surface area contributed by atoms with Crippen LogP contribution in [0.25, 0.3) is 0 Å². The second kappa shape index (κ2) is 2.30. The molecule has 0 unspecified atom stereocenters. The zero-order valence-corrected chi connectivity index (χ0v) is 4.83. The van der Waals surface area contributed by atoms with Crippen LogP contribution in [0.15, 0.2) is 16.8 Å². The normalized spacial score (nSPS) is 9.00. The van der Waals surface area contributed by atoms with E-state index in [1.54, 1.807) is 0 Å². The van der Waals surface area contributed by atoms with Crippen molar-refractivity contribution < 1.29 is 14.1 Å². The molecule has 0 aliphatic carbocycles. The van der Waals surface area contributed by atoms with E-state index in [0.717, 1.165) is 0 Å². The third-order valence-corrected chi connectivity index (χ3v) is 0.658. The van der Waals surface area contributed by atoms with Crippen LogP contribution in [0.3, 0.4) is 0 Å². The lowest BCUT2D eigenvalue weighted by molar-refractivity contribution is -0.133. The summed E-state index contributed by atoms with van der Waals surface area (Å²) in [5.41, 5.74) is 0. The highest BCUT2D eigenvalue weighted by atomic mass is 16.6. The molecule has 0 atom stereocenters. The molecular formula is C5H5NO3. The highest BCUT2D eigenvalue weighted by Gasteiger charge is 1.98. The van der Waals surface area contributed by atoms with E-state index in [9.17, 15) is 4.79 Å². The summed E-state index contributed by atoms with van der Waals surface area (Å²) in [7, 11) is 0. The van der Waals surface area contributed by atoms with Crippen molar-refractivity contribution in [3.05, 3.63) is 12.3 Å². The molecule has 48 valence electrons. The summed E-state index contributed by atoms with van der Waals surface area (Å²) in [6, 6.07) is 1.46. The van der Waals surface area contributed by atoms with Crippen molar-refractivity contribution in [2.24, 2.45) is 0 Å². The van der Waals surface area contributed by atoms with Gasteiger partial charge in [0.05, 0.1) is 6.20 Å². The summed E-state index contributed by atoms with van der Waals surface area (Å²) in [5, 5.41) is 3.32. The molecule has 1 rings (SSSR count). The Kier molecular flexibility index (Phi) is 1.48. The van der Waals surface area contributed by atoms with Crippen molar-refractivity contribution >= 4 is 5.97 Å². The highest BCUT2D eigenvalue weighted by molar-refractivity contribution is 5.68. The Balaban J connectivity index is 2.58. The van der Waals surface area contributed by atoms with Crippen molar-refractivity contribution in [3.63, 3.8) is 0 Å². The van der Waals surface area contributed by atoms with E-state index >= 15 is 0 Å². The van der Waals surface area contributed by atoms with Gasteiger partial charge in [-0.15, -0.1) is 0 Å². The Morgan fingerprint density at radius 1 is 1.89 bits per heavy atom. The number of hydrogen-bond acceptors (Lipinski definition) is 4. The molecule has 0 bridgehead atoms. The van der Waals surface area contributed by atoms with Gasteiger partial charge in [0.25, 0.3) is 0 Å². The maximum atomic E-state index is 10.2. The van der Waals surface area contributed by atoms with E-state index in [0.29, 0.717) is 0 Å². The summed E-state index contributed by atoms with van der Waals surface area (Å²) in [5.74, 6) is -0.283. The van der Waals surface area contributed by atoms with Gasteiger partial charge in [0, 0.05) is 13.0 Å². The van der Waals surface area contributed by atoms with Crippen LogP contribution in [0.2, 0.25) is 0 Å². The van der Waals surface area contributed by atoms with Gasteiger partial charge in [-0.2, -0.15) is 0 Å². The van der Waals surface area contributed by atoms with Crippen LogP contribution in [0.1, 0.15) is 6.92 Å². The Bertz CT molecular complexity index is 192. The molecule has 0 radical (unpaired) electrons. The zero-order valence-electron chi connectivity index (χ0n) is 4.83. The Morgan fingerprint density at radius 3 is 3.11 bits per heavy atom. The van der Waals surface area contributed by atoms with Gasteiger partial charge in [-0.05, 0) is 0 Å². The molecule has 1 aromatic rings.